The number of aldehydes is 1. The summed E-state index contributed by atoms with van der Waals surface area (Å²) in [5.74, 6) is 0. The largest absolute Gasteiger partial charge is 0.302 e. The van der Waals surface area contributed by atoms with Gasteiger partial charge in [0.15, 0.2) is 0 Å². The van der Waals surface area contributed by atoms with Crippen molar-refractivity contribution in [3.63, 3.8) is 0 Å². The van der Waals surface area contributed by atoms with Crippen molar-refractivity contribution < 1.29 is 13.2 Å². The third-order valence-corrected chi connectivity index (χ3v) is 5.95. The van der Waals surface area contributed by atoms with Crippen LogP contribution in [0, 0.1) is 0 Å². The van der Waals surface area contributed by atoms with Gasteiger partial charge in [0.2, 0.25) is 10.0 Å². The molecule has 0 saturated carbocycles. The van der Waals surface area contributed by atoms with Gasteiger partial charge in [-0.15, -0.1) is 0 Å². The summed E-state index contributed by atoms with van der Waals surface area (Å²) in [5, 5.41) is 0.475. The molecular weight excluding hydrogens is 362 g/mol. The van der Waals surface area contributed by atoms with Crippen molar-refractivity contribution in [3.05, 3.63) is 59.4 Å². The zero-order valence-corrected chi connectivity index (χ0v) is 14.9. The highest BCUT2D eigenvalue weighted by Gasteiger charge is 2.34. The normalized spacial score (nSPS) is 21.3. The van der Waals surface area contributed by atoms with E-state index in [1.807, 2.05) is 17.0 Å². The number of aromatic nitrogens is 1. The van der Waals surface area contributed by atoms with Crippen LogP contribution < -0.4 is 4.72 Å². The molecule has 6 nitrogen and oxygen atoms in total. The predicted molar refractivity (Wildman–Crippen MR) is 94.7 cm³/mol. The molecule has 1 aliphatic heterocycles. The zero-order chi connectivity index (χ0) is 17.9. The van der Waals surface area contributed by atoms with Gasteiger partial charge in [-0.25, -0.2) is 13.1 Å². The number of nitrogens with zero attached hydrogens (tertiary/aromatic N) is 2. The smallest absolute Gasteiger partial charge is 0.240 e. The Bertz CT molecular complexity index is 828. The van der Waals surface area contributed by atoms with E-state index in [-0.39, 0.29) is 17.0 Å². The van der Waals surface area contributed by atoms with Crippen molar-refractivity contribution in [1.29, 1.82) is 0 Å². The number of hydrogen-bond donors (Lipinski definition) is 1. The lowest BCUT2D eigenvalue weighted by atomic mass is 10.2. The molecule has 1 aliphatic rings. The Hall–Kier alpha value is -1.80. The van der Waals surface area contributed by atoms with E-state index in [4.69, 9.17) is 11.6 Å². The number of halogens is 1. The number of sulfonamides is 1. The van der Waals surface area contributed by atoms with Crippen molar-refractivity contribution in [2.45, 2.75) is 29.9 Å². The molecular formula is C17H18ClN3O3S. The number of carbonyl (C=O) groups is 1. The van der Waals surface area contributed by atoms with Gasteiger partial charge in [0.05, 0.1) is 10.9 Å². The summed E-state index contributed by atoms with van der Waals surface area (Å²) in [6, 6.07) is 9.11. The number of pyridine rings is 1. The number of likely N-dealkylation sites (tertiary alicyclic amines) is 1. The Morgan fingerprint density at radius 2 is 2.04 bits per heavy atom. The highest BCUT2D eigenvalue weighted by Crippen LogP contribution is 2.21. The van der Waals surface area contributed by atoms with Crippen molar-refractivity contribution in [2.75, 3.05) is 6.54 Å². The summed E-state index contributed by atoms with van der Waals surface area (Å²) in [6.07, 6.45) is 4.74. The molecule has 0 radical (unpaired) electrons. The first kappa shape index (κ1) is 18.0. The van der Waals surface area contributed by atoms with Gasteiger partial charge in [-0.3, -0.25) is 9.88 Å². The Morgan fingerprint density at radius 3 is 2.68 bits per heavy atom. The highest BCUT2D eigenvalue weighted by molar-refractivity contribution is 7.89. The van der Waals surface area contributed by atoms with Gasteiger partial charge < -0.3 is 4.79 Å². The average molecular weight is 380 g/mol. The maximum Gasteiger partial charge on any atom is 0.240 e. The van der Waals surface area contributed by atoms with Gasteiger partial charge >= 0.3 is 0 Å². The molecule has 0 spiro atoms. The minimum atomic E-state index is -3.65. The Labute approximate surface area is 151 Å². The van der Waals surface area contributed by atoms with E-state index in [1.54, 1.807) is 12.4 Å². The van der Waals surface area contributed by atoms with Crippen LogP contribution in [0.2, 0.25) is 5.02 Å². The summed E-state index contributed by atoms with van der Waals surface area (Å²) in [5.41, 5.74) is 0.982. The molecule has 0 aliphatic carbocycles. The van der Waals surface area contributed by atoms with Gasteiger partial charge in [0, 0.05) is 36.5 Å². The minimum absolute atomic E-state index is 0.158. The van der Waals surface area contributed by atoms with Crippen LogP contribution in [0.1, 0.15) is 12.0 Å². The van der Waals surface area contributed by atoms with Crippen LogP contribution in [-0.2, 0) is 21.4 Å². The molecule has 8 heteroatoms. The van der Waals surface area contributed by atoms with Gasteiger partial charge in [0.25, 0.3) is 0 Å². The van der Waals surface area contributed by atoms with Gasteiger partial charge in [-0.2, -0.15) is 0 Å². The third-order valence-electron chi connectivity index (χ3n) is 4.16. The van der Waals surface area contributed by atoms with E-state index in [2.05, 4.69) is 9.71 Å². The maximum absolute atomic E-state index is 12.5. The molecule has 1 aromatic carbocycles. The van der Waals surface area contributed by atoms with Crippen LogP contribution in [0.4, 0.5) is 0 Å². The summed E-state index contributed by atoms with van der Waals surface area (Å²) in [6.45, 7) is 1.02. The van der Waals surface area contributed by atoms with E-state index in [1.165, 1.54) is 24.3 Å². The van der Waals surface area contributed by atoms with Crippen LogP contribution in [0.3, 0.4) is 0 Å². The molecule has 3 rings (SSSR count). The second-order valence-electron chi connectivity index (χ2n) is 6.00. The van der Waals surface area contributed by atoms with Gasteiger partial charge in [-0.05, 0) is 42.3 Å². The first-order valence-electron chi connectivity index (χ1n) is 7.84. The number of carbonyl (C=O) groups excluding carboxylic acids is 1. The average Bonchev–Trinajstić information content (AvgIpc) is 2.97. The molecule has 0 amide bonds. The van der Waals surface area contributed by atoms with Crippen molar-refractivity contribution in [3.8, 4) is 0 Å². The zero-order valence-electron chi connectivity index (χ0n) is 13.4. The molecule has 0 unspecified atom stereocenters. The van der Waals surface area contributed by atoms with Gasteiger partial charge in [0.1, 0.15) is 6.29 Å². The van der Waals surface area contributed by atoms with Crippen LogP contribution >= 0.6 is 11.6 Å². The number of rotatable bonds is 6. The third kappa shape index (κ3) is 4.43. The van der Waals surface area contributed by atoms with Crippen molar-refractivity contribution in [2.24, 2.45) is 0 Å². The number of nitrogens with one attached hydrogen (secondary N) is 1. The lowest BCUT2D eigenvalue weighted by molar-refractivity contribution is -0.111. The fourth-order valence-corrected chi connectivity index (χ4v) is 4.34. The van der Waals surface area contributed by atoms with E-state index in [0.717, 1.165) is 11.8 Å². The van der Waals surface area contributed by atoms with Crippen LogP contribution in [0.15, 0.2) is 53.7 Å². The molecule has 0 bridgehead atoms. The van der Waals surface area contributed by atoms with Crippen molar-refractivity contribution >= 4 is 27.9 Å². The fraction of sp³-hybridized carbons (Fsp3) is 0.294. The molecule has 2 atom stereocenters. The second-order valence-corrected chi connectivity index (χ2v) is 8.15. The lowest BCUT2D eigenvalue weighted by Crippen LogP contribution is -2.37. The van der Waals surface area contributed by atoms with Crippen molar-refractivity contribution in [1.82, 2.24) is 14.6 Å². The highest BCUT2D eigenvalue weighted by atomic mass is 35.5. The SMILES string of the molecule is O=C[C@@H]1C[C@@H](NS(=O)(=O)c2ccc(Cl)cc2)CN1Cc1cccnc1. The minimum Gasteiger partial charge on any atom is -0.302 e. The monoisotopic (exact) mass is 379 g/mol. The van der Waals surface area contributed by atoms with Gasteiger partial charge in [-0.1, -0.05) is 17.7 Å². The summed E-state index contributed by atoms with van der Waals surface area (Å²) in [7, 11) is -3.65. The Balaban J connectivity index is 1.69. The number of hydrogen-bond acceptors (Lipinski definition) is 5. The Kier molecular flexibility index (Phi) is 5.48. The topological polar surface area (TPSA) is 79.4 Å². The van der Waals surface area contributed by atoms with E-state index in [0.29, 0.717) is 24.5 Å². The second kappa shape index (κ2) is 7.61. The molecule has 132 valence electrons. The number of benzene rings is 1. The quantitative estimate of drug-likeness (QED) is 0.775. The van der Waals surface area contributed by atoms with Crippen LogP contribution in [0.25, 0.3) is 0 Å². The standard InChI is InChI=1S/C17H18ClN3O3S/c18-14-3-5-17(6-4-14)25(23,24)20-15-8-16(12-22)21(11-15)10-13-2-1-7-19-9-13/h1-7,9,12,15-16,20H,8,10-11H2/t15-,16+/m1/s1. The molecule has 2 aromatic rings. The molecule has 1 aromatic heterocycles. The van der Waals surface area contributed by atoms with E-state index >= 15 is 0 Å². The molecule has 25 heavy (non-hydrogen) atoms. The maximum atomic E-state index is 12.5. The summed E-state index contributed by atoms with van der Waals surface area (Å²) < 4.78 is 27.7. The Morgan fingerprint density at radius 1 is 1.28 bits per heavy atom. The fourth-order valence-electron chi connectivity index (χ4n) is 2.97. The van der Waals surface area contributed by atoms with E-state index < -0.39 is 10.0 Å². The first-order chi connectivity index (χ1) is 12.0. The van der Waals surface area contributed by atoms with Crippen LogP contribution in [-0.4, -0.2) is 43.2 Å². The molecule has 2 heterocycles. The molecule has 1 saturated heterocycles. The molecule has 1 fully saturated rings. The predicted octanol–water partition coefficient (Wildman–Crippen LogP) is 1.86. The summed E-state index contributed by atoms with van der Waals surface area (Å²) in [4.78, 5) is 17.6. The first-order valence-corrected chi connectivity index (χ1v) is 9.70. The van der Waals surface area contributed by atoms with Crippen LogP contribution in [0.5, 0.6) is 0 Å². The molecule has 1 N–H and O–H groups in total. The lowest BCUT2D eigenvalue weighted by Gasteiger charge is -2.19. The van der Waals surface area contributed by atoms with E-state index in [9.17, 15) is 13.2 Å². The summed E-state index contributed by atoms with van der Waals surface area (Å²) >= 11 is 5.80.